The molecule has 1 aromatic carbocycles. The number of phenols is 1. The number of nitro groups is 1. The van der Waals surface area contributed by atoms with Crippen LogP contribution < -0.4 is 0 Å². The van der Waals surface area contributed by atoms with Crippen LogP contribution in [0, 0.1) is 10.1 Å². The molecule has 2 aromatic rings. The van der Waals surface area contributed by atoms with E-state index < -0.39 is 16.1 Å². The van der Waals surface area contributed by atoms with E-state index in [1.165, 1.54) is 30.7 Å². The molecule has 2 rings (SSSR count). The number of aromatic nitrogens is 1. The lowest BCUT2D eigenvalue weighted by atomic mass is 10.1. The molecular weight excluding hydrogens is 244 g/mol. The number of hydrogen-bond acceptors (Lipinski definition) is 5. The fraction of sp³-hybridized carbons (Fsp3) is 0.100. The summed E-state index contributed by atoms with van der Waals surface area (Å²) < 4.78 is 11.5. The first-order valence-corrected chi connectivity index (χ1v) is 6.16. The van der Waals surface area contributed by atoms with Crippen molar-refractivity contribution in [2.45, 2.75) is 4.90 Å². The standard InChI is InChI=1S/C10H8N2O4S/c1-17(16)8-4-5-11-10-7(13)3-2-6(9(8)10)12(14)15/h2-5,13H,1H3. The minimum atomic E-state index is -1.39. The summed E-state index contributed by atoms with van der Waals surface area (Å²) >= 11 is -1.39. The van der Waals surface area contributed by atoms with Crippen LogP contribution in [-0.2, 0) is 11.2 Å². The Morgan fingerprint density at radius 2 is 2.12 bits per heavy atom. The Morgan fingerprint density at radius 3 is 2.71 bits per heavy atom. The van der Waals surface area contributed by atoms with Crippen molar-refractivity contribution in [2.24, 2.45) is 0 Å². The maximum Gasteiger partial charge on any atom is 0.284 e. The van der Waals surface area contributed by atoms with Crippen molar-refractivity contribution in [1.29, 1.82) is 0 Å². The van der Waals surface area contributed by atoms with E-state index in [9.17, 15) is 19.8 Å². The van der Waals surface area contributed by atoms with Crippen molar-refractivity contribution < 1.29 is 14.6 Å². The molecule has 0 aliphatic rings. The first-order valence-electron chi connectivity index (χ1n) is 4.61. The lowest BCUT2D eigenvalue weighted by Crippen LogP contribution is -2.01. The van der Waals surface area contributed by atoms with E-state index in [1.807, 2.05) is 0 Å². The molecule has 0 radical (unpaired) electrons. The zero-order valence-electron chi connectivity index (χ0n) is 8.78. The number of non-ortho nitro benzene ring substituents is 1. The van der Waals surface area contributed by atoms with Crippen LogP contribution in [-0.4, -0.2) is 25.8 Å². The van der Waals surface area contributed by atoms with Crippen LogP contribution >= 0.6 is 0 Å². The Kier molecular flexibility index (Phi) is 2.86. The second kappa shape index (κ2) is 4.19. The smallest absolute Gasteiger partial charge is 0.284 e. The van der Waals surface area contributed by atoms with E-state index >= 15 is 0 Å². The van der Waals surface area contributed by atoms with Crippen LogP contribution in [0.25, 0.3) is 10.9 Å². The van der Waals surface area contributed by atoms with Crippen molar-refractivity contribution in [1.82, 2.24) is 4.98 Å². The first kappa shape index (κ1) is 11.6. The quantitative estimate of drug-likeness (QED) is 0.497. The summed E-state index contributed by atoms with van der Waals surface area (Å²) in [4.78, 5) is 14.5. The number of rotatable bonds is 2. The van der Waals surface area contributed by atoms with Gasteiger partial charge in [-0.3, -0.25) is 15.1 Å². The highest BCUT2D eigenvalue weighted by molar-refractivity contribution is 7.91. The number of phenolic OH excluding ortho intramolecular Hbond substituents is 1. The van der Waals surface area contributed by atoms with Crippen molar-refractivity contribution in [3.8, 4) is 5.75 Å². The van der Waals surface area contributed by atoms with Gasteiger partial charge in [-0.25, -0.2) is 0 Å². The molecule has 0 aliphatic carbocycles. The van der Waals surface area contributed by atoms with Gasteiger partial charge in [0.1, 0.15) is 22.9 Å². The fourth-order valence-electron chi connectivity index (χ4n) is 1.60. The molecule has 1 atom stereocenters. The summed E-state index contributed by atoms with van der Waals surface area (Å²) in [6.45, 7) is 0. The molecule has 1 aromatic heterocycles. The normalized spacial score (nSPS) is 12.6. The van der Waals surface area contributed by atoms with Crippen LogP contribution in [0.4, 0.5) is 5.69 Å². The Morgan fingerprint density at radius 1 is 1.41 bits per heavy atom. The number of nitrogens with zero attached hydrogens (tertiary/aromatic N) is 2. The Bertz CT molecular complexity index is 600. The van der Waals surface area contributed by atoms with Crippen molar-refractivity contribution in [3.05, 3.63) is 34.5 Å². The summed E-state index contributed by atoms with van der Waals surface area (Å²) in [5.41, 5.74) is -0.122. The average molecular weight is 252 g/mol. The van der Waals surface area contributed by atoms with Crippen LogP contribution in [0.3, 0.4) is 0 Å². The maximum atomic E-state index is 11.5. The highest BCUT2D eigenvalue weighted by Crippen LogP contribution is 2.34. The van der Waals surface area contributed by atoms with Crippen molar-refractivity contribution in [2.75, 3.05) is 6.26 Å². The van der Waals surface area contributed by atoms with E-state index in [0.717, 1.165) is 0 Å². The van der Waals surface area contributed by atoms with E-state index in [4.69, 9.17) is 0 Å². The van der Waals surface area contributed by atoms with Gasteiger partial charge in [-0.15, -0.1) is 0 Å². The van der Waals surface area contributed by atoms with Crippen LogP contribution in [0.1, 0.15) is 0 Å². The summed E-state index contributed by atoms with van der Waals surface area (Å²) in [6.07, 6.45) is 2.78. The topological polar surface area (TPSA) is 99.3 Å². The minimum absolute atomic E-state index is 0.0897. The monoisotopic (exact) mass is 252 g/mol. The molecule has 1 unspecified atom stereocenters. The maximum absolute atomic E-state index is 11.5. The summed E-state index contributed by atoms with van der Waals surface area (Å²) in [7, 11) is 0. The highest BCUT2D eigenvalue weighted by Gasteiger charge is 2.23. The molecule has 6 nitrogen and oxygen atoms in total. The lowest BCUT2D eigenvalue weighted by molar-refractivity contribution is -0.383. The van der Waals surface area contributed by atoms with Gasteiger partial charge in [0, 0.05) is 18.3 Å². The molecule has 88 valence electrons. The fourth-order valence-corrected chi connectivity index (χ4v) is 2.34. The largest absolute Gasteiger partial charge is 0.612 e. The minimum Gasteiger partial charge on any atom is -0.612 e. The van der Waals surface area contributed by atoms with Gasteiger partial charge < -0.3 is 9.66 Å². The van der Waals surface area contributed by atoms with Gasteiger partial charge in [0.15, 0.2) is 4.90 Å². The van der Waals surface area contributed by atoms with Gasteiger partial charge in [0.25, 0.3) is 5.69 Å². The zero-order chi connectivity index (χ0) is 12.6. The molecule has 1 N–H and O–H groups in total. The Balaban J connectivity index is 2.94. The van der Waals surface area contributed by atoms with E-state index in [-0.39, 0.29) is 27.2 Å². The third kappa shape index (κ3) is 1.90. The van der Waals surface area contributed by atoms with Gasteiger partial charge in [0.2, 0.25) is 0 Å². The second-order valence-corrected chi connectivity index (χ2v) is 4.70. The van der Waals surface area contributed by atoms with Gasteiger partial charge >= 0.3 is 0 Å². The third-order valence-electron chi connectivity index (χ3n) is 2.32. The molecule has 0 fully saturated rings. The van der Waals surface area contributed by atoms with Gasteiger partial charge in [-0.2, -0.15) is 0 Å². The number of benzene rings is 1. The first-order chi connectivity index (χ1) is 8.02. The molecule has 1 heterocycles. The zero-order valence-corrected chi connectivity index (χ0v) is 9.60. The van der Waals surface area contributed by atoms with Gasteiger partial charge in [-0.1, -0.05) is 0 Å². The lowest BCUT2D eigenvalue weighted by Gasteiger charge is -2.08. The number of nitro benzene ring substituents is 1. The van der Waals surface area contributed by atoms with Crippen LogP contribution in [0.5, 0.6) is 5.75 Å². The van der Waals surface area contributed by atoms with Gasteiger partial charge in [0.05, 0.1) is 4.92 Å². The second-order valence-electron chi connectivity index (χ2n) is 3.35. The number of fused-ring (bicyclic) bond motifs is 1. The SMILES string of the molecule is C[S+]([O-])c1ccnc2c(O)ccc([N+](=O)[O-])c12. The predicted molar refractivity (Wildman–Crippen MR) is 62.4 cm³/mol. The molecule has 0 spiro atoms. The third-order valence-corrected chi connectivity index (χ3v) is 3.28. The summed E-state index contributed by atoms with van der Waals surface area (Å²) in [5.74, 6) is -0.169. The molecule has 7 heteroatoms. The van der Waals surface area contributed by atoms with Crippen LogP contribution in [0.2, 0.25) is 0 Å². The van der Waals surface area contributed by atoms with Gasteiger partial charge in [-0.05, 0) is 17.2 Å². The highest BCUT2D eigenvalue weighted by atomic mass is 32.2. The van der Waals surface area contributed by atoms with Crippen molar-refractivity contribution in [3.63, 3.8) is 0 Å². The van der Waals surface area contributed by atoms with E-state index in [1.54, 1.807) is 0 Å². The molecule has 17 heavy (non-hydrogen) atoms. The van der Waals surface area contributed by atoms with E-state index in [2.05, 4.69) is 4.98 Å². The molecule has 0 saturated heterocycles. The van der Waals surface area contributed by atoms with Crippen LogP contribution in [0.15, 0.2) is 29.3 Å². The summed E-state index contributed by atoms with van der Waals surface area (Å²) in [6, 6.07) is 3.83. The molecule has 0 saturated carbocycles. The summed E-state index contributed by atoms with van der Waals surface area (Å²) in [5, 5.41) is 20.6. The number of hydrogen-bond donors (Lipinski definition) is 1. The van der Waals surface area contributed by atoms with E-state index in [0.29, 0.717) is 0 Å². The molecular formula is C10H8N2O4S. The Labute approximate surface area is 99.2 Å². The number of pyridine rings is 1. The average Bonchev–Trinajstić information content (AvgIpc) is 2.28. The molecule has 0 aliphatic heterocycles. The predicted octanol–water partition coefficient (Wildman–Crippen LogP) is 1.59. The number of aromatic hydroxyl groups is 1. The molecule has 0 bridgehead atoms. The van der Waals surface area contributed by atoms with Crippen molar-refractivity contribution >= 4 is 27.8 Å². The molecule has 0 amide bonds. The Hall–Kier alpha value is -1.86.